The minimum atomic E-state index is -3.82. The highest BCUT2D eigenvalue weighted by atomic mass is 32.2. The molecule has 0 radical (unpaired) electrons. The third-order valence-electron chi connectivity index (χ3n) is 4.36. The average molecular weight is 413 g/mol. The Bertz CT molecular complexity index is 1080. The Morgan fingerprint density at radius 2 is 1.55 bits per heavy atom. The van der Waals surface area contributed by atoms with E-state index < -0.39 is 21.8 Å². The number of carbonyl (C=O) groups excluding carboxylic acids is 1. The summed E-state index contributed by atoms with van der Waals surface area (Å²) >= 11 is 0. The van der Waals surface area contributed by atoms with Gasteiger partial charge in [-0.2, -0.15) is 4.31 Å². The van der Waals surface area contributed by atoms with Crippen LogP contribution in [0.3, 0.4) is 0 Å². The molecule has 0 atom stereocenters. The van der Waals surface area contributed by atoms with Gasteiger partial charge in [-0.1, -0.05) is 42.5 Å². The van der Waals surface area contributed by atoms with Crippen LogP contribution < -0.4 is 0 Å². The number of hydrogen-bond acceptors (Lipinski definition) is 4. The van der Waals surface area contributed by atoms with Crippen molar-refractivity contribution in [2.75, 3.05) is 7.11 Å². The number of methoxy groups -OCH3 is 1. The zero-order valence-corrected chi connectivity index (χ0v) is 16.6. The number of sulfonamides is 1. The van der Waals surface area contributed by atoms with E-state index in [0.29, 0.717) is 16.7 Å². The molecule has 7 heteroatoms. The summed E-state index contributed by atoms with van der Waals surface area (Å²) in [4.78, 5) is 11.8. The van der Waals surface area contributed by atoms with E-state index in [1.54, 1.807) is 54.6 Å². The Morgan fingerprint density at radius 1 is 0.897 bits per heavy atom. The lowest BCUT2D eigenvalue weighted by atomic mass is 10.1. The van der Waals surface area contributed by atoms with Crippen LogP contribution in [0.25, 0.3) is 0 Å². The topological polar surface area (TPSA) is 63.7 Å². The summed E-state index contributed by atoms with van der Waals surface area (Å²) in [7, 11) is -2.53. The lowest BCUT2D eigenvalue weighted by Gasteiger charge is -2.23. The molecule has 5 nitrogen and oxygen atoms in total. The maximum atomic E-state index is 13.6. The van der Waals surface area contributed by atoms with E-state index >= 15 is 0 Å². The number of ether oxygens (including phenoxy) is 1. The van der Waals surface area contributed by atoms with E-state index in [-0.39, 0.29) is 18.0 Å². The number of carbonyl (C=O) groups is 1. The summed E-state index contributed by atoms with van der Waals surface area (Å²) in [5, 5.41) is 0. The van der Waals surface area contributed by atoms with Gasteiger partial charge in [-0.15, -0.1) is 0 Å². The number of halogens is 1. The second kappa shape index (κ2) is 8.98. The molecular weight excluding hydrogens is 393 g/mol. The molecule has 0 bridgehead atoms. The van der Waals surface area contributed by atoms with E-state index in [4.69, 9.17) is 0 Å². The van der Waals surface area contributed by atoms with Crippen LogP contribution in [-0.4, -0.2) is 25.8 Å². The van der Waals surface area contributed by atoms with E-state index in [0.717, 1.165) is 0 Å². The highest BCUT2D eigenvalue weighted by Crippen LogP contribution is 2.21. The first-order valence-corrected chi connectivity index (χ1v) is 10.3. The molecule has 150 valence electrons. The monoisotopic (exact) mass is 413 g/mol. The quantitative estimate of drug-likeness (QED) is 0.549. The Balaban J connectivity index is 1.93. The van der Waals surface area contributed by atoms with Gasteiger partial charge >= 0.3 is 5.97 Å². The van der Waals surface area contributed by atoms with Crippen molar-refractivity contribution in [3.8, 4) is 0 Å². The molecule has 0 aromatic heterocycles. The molecule has 0 spiro atoms. The third kappa shape index (κ3) is 5.07. The van der Waals surface area contributed by atoms with Crippen LogP contribution in [0.4, 0.5) is 4.39 Å². The van der Waals surface area contributed by atoms with Gasteiger partial charge in [0.25, 0.3) is 0 Å². The van der Waals surface area contributed by atoms with Crippen molar-refractivity contribution in [1.29, 1.82) is 0 Å². The maximum Gasteiger partial charge on any atom is 0.337 e. The van der Waals surface area contributed by atoms with Gasteiger partial charge in [-0.3, -0.25) is 0 Å². The first-order valence-electron chi connectivity index (χ1n) is 8.87. The van der Waals surface area contributed by atoms with E-state index in [1.165, 1.54) is 35.7 Å². The normalized spacial score (nSPS) is 11.4. The van der Waals surface area contributed by atoms with Crippen LogP contribution >= 0.6 is 0 Å². The predicted molar refractivity (Wildman–Crippen MR) is 107 cm³/mol. The fourth-order valence-corrected chi connectivity index (χ4v) is 4.31. The number of hydrogen-bond donors (Lipinski definition) is 0. The van der Waals surface area contributed by atoms with Gasteiger partial charge in [0.2, 0.25) is 10.0 Å². The third-order valence-corrected chi connectivity index (χ3v) is 6.17. The summed E-state index contributed by atoms with van der Waals surface area (Å²) < 4.78 is 46.0. The molecule has 3 rings (SSSR count). The summed E-state index contributed by atoms with van der Waals surface area (Å²) in [5.74, 6) is -0.896. The molecule has 3 aromatic carbocycles. The first kappa shape index (κ1) is 20.7. The van der Waals surface area contributed by atoms with Gasteiger partial charge in [-0.05, 0) is 47.5 Å². The van der Waals surface area contributed by atoms with Crippen LogP contribution in [0.1, 0.15) is 21.5 Å². The van der Waals surface area contributed by atoms with E-state index in [2.05, 4.69) is 4.74 Å². The van der Waals surface area contributed by atoms with Crippen LogP contribution in [-0.2, 0) is 27.8 Å². The minimum absolute atomic E-state index is 0.00768. The number of rotatable bonds is 7. The predicted octanol–water partition coefficient (Wildman–Crippen LogP) is 4.00. The van der Waals surface area contributed by atoms with Crippen LogP contribution in [0, 0.1) is 5.82 Å². The van der Waals surface area contributed by atoms with E-state index in [9.17, 15) is 17.6 Å². The Kier molecular flexibility index (Phi) is 6.41. The maximum absolute atomic E-state index is 13.6. The molecule has 29 heavy (non-hydrogen) atoms. The first-order chi connectivity index (χ1) is 13.9. The largest absolute Gasteiger partial charge is 0.465 e. The smallest absolute Gasteiger partial charge is 0.337 e. The number of nitrogens with zero attached hydrogens (tertiary/aromatic N) is 1. The highest BCUT2D eigenvalue weighted by molar-refractivity contribution is 7.89. The molecule has 0 saturated carbocycles. The molecule has 0 amide bonds. The van der Waals surface area contributed by atoms with Crippen molar-refractivity contribution >= 4 is 16.0 Å². The second-order valence-electron chi connectivity index (χ2n) is 6.40. The molecule has 3 aromatic rings. The molecule has 0 fully saturated rings. The van der Waals surface area contributed by atoms with Gasteiger partial charge < -0.3 is 4.74 Å². The summed E-state index contributed by atoms with van der Waals surface area (Å²) in [5.41, 5.74) is 1.60. The Labute approximate surface area is 169 Å². The van der Waals surface area contributed by atoms with Crippen molar-refractivity contribution in [3.05, 3.63) is 101 Å². The second-order valence-corrected chi connectivity index (χ2v) is 8.34. The van der Waals surface area contributed by atoms with Crippen molar-refractivity contribution < 1.29 is 22.3 Å². The van der Waals surface area contributed by atoms with Crippen molar-refractivity contribution in [2.24, 2.45) is 0 Å². The fourth-order valence-electron chi connectivity index (χ4n) is 2.87. The van der Waals surface area contributed by atoms with Gasteiger partial charge in [0.1, 0.15) is 5.82 Å². The lowest BCUT2D eigenvalue weighted by Crippen LogP contribution is -2.30. The van der Waals surface area contributed by atoms with Crippen LogP contribution in [0.15, 0.2) is 83.8 Å². The van der Waals surface area contributed by atoms with Gasteiger partial charge in [-0.25, -0.2) is 17.6 Å². The summed E-state index contributed by atoms with van der Waals surface area (Å²) in [6, 6.07) is 20.4. The fraction of sp³-hybridized carbons (Fsp3) is 0.136. The molecule has 0 aliphatic heterocycles. The van der Waals surface area contributed by atoms with Crippen molar-refractivity contribution in [1.82, 2.24) is 4.31 Å². The molecule has 0 heterocycles. The van der Waals surface area contributed by atoms with Crippen molar-refractivity contribution in [2.45, 2.75) is 18.0 Å². The van der Waals surface area contributed by atoms with Gasteiger partial charge in [0.05, 0.1) is 17.6 Å². The molecule has 0 aliphatic carbocycles. The SMILES string of the molecule is COC(=O)c1ccc(CN(Cc2cccc(F)c2)S(=O)(=O)c2ccccc2)cc1. The lowest BCUT2D eigenvalue weighted by molar-refractivity contribution is 0.0600. The number of benzene rings is 3. The summed E-state index contributed by atoms with van der Waals surface area (Å²) in [6.45, 7) is 0.0724. The Hall–Kier alpha value is -3.03. The minimum Gasteiger partial charge on any atom is -0.465 e. The molecular formula is C22H20FNO4S. The zero-order valence-electron chi connectivity index (χ0n) is 15.8. The van der Waals surface area contributed by atoms with Gasteiger partial charge in [0, 0.05) is 13.1 Å². The average Bonchev–Trinajstić information content (AvgIpc) is 2.74. The highest BCUT2D eigenvalue weighted by Gasteiger charge is 2.25. The van der Waals surface area contributed by atoms with E-state index in [1.807, 2.05) is 0 Å². The summed E-state index contributed by atoms with van der Waals surface area (Å²) in [6.07, 6.45) is 0. The Morgan fingerprint density at radius 3 is 2.17 bits per heavy atom. The van der Waals surface area contributed by atoms with Crippen molar-refractivity contribution in [3.63, 3.8) is 0 Å². The number of esters is 1. The van der Waals surface area contributed by atoms with Gasteiger partial charge in [0.15, 0.2) is 0 Å². The van der Waals surface area contributed by atoms with Crippen LogP contribution in [0.5, 0.6) is 0 Å². The zero-order chi connectivity index (χ0) is 20.9. The molecule has 0 N–H and O–H groups in total. The molecule has 0 unspecified atom stereocenters. The molecule has 0 aliphatic rings. The standard InChI is InChI=1S/C22H20FNO4S/c1-28-22(25)19-12-10-17(11-13-19)15-24(16-18-6-5-7-20(23)14-18)29(26,27)21-8-3-2-4-9-21/h2-14H,15-16H2,1H3. The molecule has 0 saturated heterocycles. The van der Waals surface area contributed by atoms with Crippen LogP contribution in [0.2, 0.25) is 0 Å².